The van der Waals surface area contributed by atoms with E-state index in [0.29, 0.717) is 9.47 Å². The fraction of sp³-hybridized carbons (Fsp3) is 0.316. The van der Waals surface area contributed by atoms with Crippen LogP contribution in [0.3, 0.4) is 0 Å². The molecule has 12 heteroatoms. The molecule has 31 heavy (non-hydrogen) atoms. The second-order valence-electron chi connectivity index (χ2n) is 6.62. The number of aromatic amines is 1. The van der Waals surface area contributed by atoms with E-state index in [0.717, 1.165) is 33.1 Å². The Bertz CT molecular complexity index is 1220. The Kier molecular flexibility index (Phi) is 7.25. The number of Topliss-reactive ketones (excluding diaryl/α,β-unsaturated/α-hetero) is 1. The van der Waals surface area contributed by atoms with E-state index in [2.05, 4.69) is 20.5 Å². The van der Waals surface area contributed by atoms with Crippen LogP contribution in [0.2, 0.25) is 0 Å². The smallest absolute Gasteiger partial charge is 0.330 e. The number of rotatable bonds is 9. The van der Waals surface area contributed by atoms with E-state index in [-0.39, 0.29) is 30.3 Å². The van der Waals surface area contributed by atoms with Crippen LogP contribution in [0.25, 0.3) is 0 Å². The van der Waals surface area contributed by atoms with Gasteiger partial charge in [0.1, 0.15) is 11.4 Å². The Hall–Kier alpha value is -2.96. The van der Waals surface area contributed by atoms with E-state index in [1.165, 1.54) is 18.4 Å². The summed E-state index contributed by atoms with van der Waals surface area (Å²) in [5.74, 6) is -0.756. The molecule has 0 saturated carbocycles. The minimum absolute atomic E-state index is 0.0755. The monoisotopic (exact) mass is 462 g/mol. The first-order chi connectivity index (χ1) is 14.8. The Morgan fingerprint density at radius 1 is 1.32 bits per heavy atom. The lowest BCUT2D eigenvalue weighted by atomic mass is 10.1. The number of hydrogen-bond donors (Lipinski definition) is 3. The van der Waals surface area contributed by atoms with Crippen molar-refractivity contribution >= 4 is 45.5 Å². The number of thioether (sulfide) groups is 1. The highest BCUT2D eigenvalue weighted by Crippen LogP contribution is 2.29. The number of carbonyl (C=O) groups is 1. The third kappa shape index (κ3) is 5.21. The number of aromatic nitrogens is 4. The molecule has 0 spiro atoms. The molecule has 0 radical (unpaired) electrons. The maximum atomic E-state index is 12.7. The average Bonchev–Trinajstić information content (AvgIpc) is 3.17. The second kappa shape index (κ2) is 9.90. The van der Waals surface area contributed by atoms with E-state index >= 15 is 0 Å². The van der Waals surface area contributed by atoms with Crippen LogP contribution >= 0.6 is 23.1 Å². The number of ether oxygens (including phenoxy) is 1. The topological polar surface area (TPSA) is 145 Å². The van der Waals surface area contributed by atoms with Gasteiger partial charge < -0.3 is 15.8 Å². The van der Waals surface area contributed by atoms with Crippen molar-refractivity contribution in [3.05, 3.63) is 55.7 Å². The molecule has 4 N–H and O–H groups in total. The lowest BCUT2D eigenvalue weighted by molar-refractivity contribution is 0.102. The fourth-order valence-electron chi connectivity index (χ4n) is 2.78. The van der Waals surface area contributed by atoms with Gasteiger partial charge in [-0.25, -0.2) is 4.79 Å². The number of nitrogens with zero attached hydrogens (tertiary/aromatic N) is 3. The highest BCUT2D eigenvalue weighted by Gasteiger charge is 2.20. The number of anilines is 3. The Balaban J connectivity index is 1.71. The highest BCUT2D eigenvalue weighted by atomic mass is 32.2. The molecule has 0 saturated heterocycles. The van der Waals surface area contributed by atoms with Crippen molar-refractivity contribution < 1.29 is 9.53 Å². The van der Waals surface area contributed by atoms with Crippen LogP contribution in [0.4, 0.5) is 16.6 Å². The third-order valence-electron chi connectivity index (χ3n) is 4.62. The van der Waals surface area contributed by atoms with Crippen molar-refractivity contribution in [1.82, 2.24) is 19.7 Å². The van der Waals surface area contributed by atoms with Crippen LogP contribution in [0.1, 0.15) is 21.5 Å². The number of benzene rings is 1. The van der Waals surface area contributed by atoms with Crippen molar-refractivity contribution in [1.29, 1.82) is 0 Å². The first kappa shape index (κ1) is 22.7. The predicted molar refractivity (Wildman–Crippen MR) is 122 cm³/mol. The van der Waals surface area contributed by atoms with E-state index in [1.54, 1.807) is 0 Å². The van der Waals surface area contributed by atoms with E-state index < -0.39 is 17.0 Å². The molecule has 0 atom stereocenters. The van der Waals surface area contributed by atoms with E-state index in [4.69, 9.17) is 10.5 Å². The van der Waals surface area contributed by atoms with Crippen molar-refractivity contribution in [3.63, 3.8) is 0 Å². The maximum absolute atomic E-state index is 12.7. The van der Waals surface area contributed by atoms with E-state index in [9.17, 15) is 14.4 Å². The molecular weight excluding hydrogens is 440 g/mol. The van der Waals surface area contributed by atoms with Crippen LogP contribution < -0.4 is 22.3 Å². The summed E-state index contributed by atoms with van der Waals surface area (Å²) in [6.07, 6.45) is 0. The summed E-state index contributed by atoms with van der Waals surface area (Å²) >= 11 is 2.44. The summed E-state index contributed by atoms with van der Waals surface area (Å²) in [5, 5.41) is 12.0. The molecule has 2 aromatic heterocycles. The number of ketones is 1. The summed E-state index contributed by atoms with van der Waals surface area (Å²) in [5.41, 5.74) is 7.39. The van der Waals surface area contributed by atoms with Crippen LogP contribution in [0, 0.1) is 13.8 Å². The largest absolute Gasteiger partial charge is 0.384 e. The summed E-state index contributed by atoms with van der Waals surface area (Å²) in [6.45, 7) is 4.37. The zero-order chi connectivity index (χ0) is 22.5. The molecule has 10 nitrogen and oxygen atoms in total. The van der Waals surface area contributed by atoms with Gasteiger partial charge in [-0.05, 0) is 31.0 Å². The summed E-state index contributed by atoms with van der Waals surface area (Å²) in [4.78, 5) is 38.9. The molecule has 0 aliphatic rings. The Labute approximate surface area is 185 Å². The first-order valence-electron chi connectivity index (χ1n) is 9.26. The standard InChI is InChI=1S/C19H22N6O4S2/c1-10-5-4-6-12(11(10)2)21-17-23-24-19(31-17)30-9-13(26)14-15(20)25(7-8-29-3)18(28)22-16(14)27/h4-6H,7-9,20H2,1-3H3,(H,21,23)(H,22,27,28). The average molecular weight is 463 g/mol. The second-order valence-corrected chi connectivity index (χ2v) is 8.82. The van der Waals surface area contributed by atoms with Crippen molar-refractivity contribution in [2.24, 2.45) is 0 Å². The molecule has 0 unspecified atom stereocenters. The van der Waals surface area contributed by atoms with Crippen LogP contribution in [0.15, 0.2) is 32.1 Å². The number of H-pyrrole nitrogens is 1. The van der Waals surface area contributed by atoms with Crippen LogP contribution in [-0.4, -0.2) is 45.0 Å². The zero-order valence-corrected chi connectivity index (χ0v) is 18.9. The Morgan fingerprint density at radius 3 is 2.84 bits per heavy atom. The predicted octanol–water partition coefficient (Wildman–Crippen LogP) is 1.95. The lowest BCUT2D eigenvalue weighted by Gasteiger charge is -2.11. The van der Waals surface area contributed by atoms with Crippen molar-refractivity contribution in [2.45, 2.75) is 24.7 Å². The van der Waals surface area contributed by atoms with Gasteiger partial charge in [-0.3, -0.25) is 19.1 Å². The quantitative estimate of drug-likeness (QED) is 0.321. The van der Waals surface area contributed by atoms with Gasteiger partial charge in [-0.15, -0.1) is 10.2 Å². The van der Waals surface area contributed by atoms with Gasteiger partial charge in [0.15, 0.2) is 10.1 Å². The molecule has 0 aliphatic heterocycles. The van der Waals surface area contributed by atoms with Gasteiger partial charge in [0.25, 0.3) is 5.56 Å². The van der Waals surface area contributed by atoms with Gasteiger partial charge in [-0.1, -0.05) is 35.2 Å². The zero-order valence-electron chi connectivity index (χ0n) is 17.2. The third-order valence-corrected chi connectivity index (χ3v) is 6.59. The fourth-order valence-corrected chi connectivity index (χ4v) is 4.42. The van der Waals surface area contributed by atoms with Crippen LogP contribution in [-0.2, 0) is 11.3 Å². The van der Waals surface area contributed by atoms with Gasteiger partial charge in [0.2, 0.25) is 5.13 Å². The molecule has 2 heterocycles. The molecule has 164 valence electrons. The summed E-state index contributed by atoms with van der Waals surface area (Å²) in [6, 6.07) is 5.93. The summed E-state index contributed by atoms with van der Waals surface area (Å²) in [7, 11) is 1.47. The molecular formula is C19H22N6O4S2. The van der Waals surface area contributed by atoms with Gasteiger partial charge in [0.05, 0.1) is 18.9 Å². The number of methoxy groups -OCH3 is 1. The molecule has 1 aromatic carbocycles. The number of nitrogens with one attached hydrogen (secondary N) is 2. The highest BCUT2D eigenvalue weighted by molar-refractivity contribution is 8.01. The Morgan fingerprint density at radius 2 is 2.10 bits per heavy atom. The maximum Gasteiger partial charge on any atom is 0.330 e. The van der Waals surface area contributed by atoms with E-state index in [1.807, 2.05) is 32.0 Å². The lowest BCUT2D eigenvalue weighted by Crippen LogP contribution is -2.37. The molecule has 0 aliphatic carbocycles. The van der Waals surface area contributed by atoms with Crippen molar-refractivity contribution in [3.8, 4) is 0 Å². The van der Waals surface area contributed by atoms with Crippen LogP contribution in [0.5, 0.6) is 0 Å². The van der Waals surface area contributed by atoms with Gasteiger partial charge in [-0.2, -0.15) is 0 Å². The molecule has 3 rings (SSSR count). The number of aryl methyl sites for hydroxylation is 1. The minimum Gasteiger partial charge on any atom is -0.384 e. The summed E-state index contributed by atoms with van der Waals surface area (Å²) < 4.78 is 6.60. The number of nitrogens with two attached hydrogens (primary N) is 1. The van der Waals surface area contributed by atoms with Crippen molar-refractivity contribution in [2.75, 3.05) is 30.5 Å². The molecule has 0 amide bonds. The number of nitrogen functional groups attached to an aromatic ring is 1. The van der Waals surface area contributed by atoms with Gasteiger partial charge in [0, 0.05) is 12.8 Å². The molecule has 3 aromatic rings. The SMILES string of the molecule is COCCn1c(N)c(C(=O)CSc2nnc(Nc3cccc(C)c3C)s2)c(=O)[nH]c1=O. The first-order valence-corrected chi connectivity index (χ1v) is 11.1. The molecule has 0 bridgehead atoms. The normalized spacial score (nSPS) is 10.9. The molecule has 0 fully saturated rings. The number of carbonyl (C=O) groups excluding carboxylic acids is 1. The minimum atomic E-state index is -0.809. The van der Waals surface area contributed by atoms with Gasteiger partial charge >= 0.3 is 5.69 Å². The number of hydrogen-bond acceptors (Lipinski definition) is 10.